The van der Waals surface area contributed by atoms with Crippen LogP contribution in [0.3, 0.4) is 0 Å². The number of carbonyl (C=O) groups excluding carboxylic acids is 1. The zero-order valence-electron chi connectivity index (χ0n) is 16.8. The van der Waals surface area contributed by atoms with E-state index in [0.29, 0.717) is 35.9 Å². The fraction of sp³-hybridized carbons (Fsp3) is 0.286. The smallest absolute Gasteiger partial charge is 0.248 e. The lowest BCUT2D eigenvalue weighted by Gasteiger charge is -2.09. The molecule has 0 unspecified atom stereocenters. The molecule has 0 bridgehead atoms. The van der Waals surface area contributed by atoms with Gasteiger partial charge in [-0.25, -0.2) is 8.42 Å². The summed E-state index contributed by atoms with van der Waals surface area (Å²) >= 11 is 0. The molecule has 0 aliphatic rings. The van der Waals surface area contributed by atoms with Gasteiger partial charge in [0.15, 0.2) is 11.5 Å². The maximum absolute atomic E-state index is 12.1. The molecule has 7 nitrogen and oxygen atoms in total. The van der Waals surface area contributed by atoms with E-state index in [1.165, 1.54) is 6.08 Å². The Labute approximate surface area is 171 Å². The standard InChI is InChI=1S/C21H26N2O5S/c1-4-14-29(25,26)23-18-10-8-17(9-11-18)22-21(24)13-7-16-6-12-19(28-5-2)20(15-16)27-3/h6-13,15,23H,4-5,14H2,1-3H3,(H,22,24)/b13-7+. The van der Waals surface area contributed by atoms with Crippen molar-refractivity contribution in [3.8, 4) is 11.5 Å². The fourth-order valence-electron chi connectivity index (χ4n) is 2.54. The van der Waals surface area contributed by atoms with Crippen LogP contribution in [0.1, 0.15) is 25.8 Å². The van der Waals surface area contributed by atoms with Gasteiger partial charge in [0, 0.05) is 17.5 Å². The van der Waals surface area contributed by atoms with Crippen molar-refractivity contribution in [2.24, 2.45) is 0 Å². The number of nitrogens with one attached hydrogen (secondary N) is 2. The van der Waals surface area contributed by atoms with E-state index in [9.17, 15) is 13.2 Å². The molecule has 0 aliphatic heterocycles. The van der Waals surface area contributed by atoms with Crippen LogP contribution < -0.4 is 19.5 Å². The van der Waals surface area contributed by atoms with E-state index in [2.05, 4.69) is 10.0 Å². The third-order valence-corrected chi connectivity index (χ3v) is 5.31. The maximum atomic E-state index is 12.1. The van der Waals surface area contributed by atoms with Crippen LogP contribution in [0.25, 0.3) is 6.08 Å². The number of sulfonamides is 1. The SMILES string of the molecule is CCCS(=O)(=O)Nc1ccc(NC(=O)/C=C/c2ccc(OCC)c(OC)c2)cc1. The zero-order chi connectivity index (χ0) is 21.3. The van der Waals surface area contributed by atoms with Gasteiger partial charge in [-0.05, 0) is 61.4 Å². The number of rotatable bonds is 10. The summed E-state index contributed by atoms with van der Waals surface area (Å²) in [6.45, 7) is 4.23. The third kappa shape index (κ3) is 7.15. The number of methoxy groups -OCH3 is 1. The maximum Gasteiger partial charge on any atom is 0.248 e. The first-order valence-electron chi connectivity index (χ1n) is 9.27. The largest absolute Gasteiger partial charge is 0.493 e. The highest BCUT2D eigenvalue weighted by molar-refractivity contribution is 7.92. The lowest BCUT2D eigenvalue weighted by Crippen LogP contribution is -2.16. The highest BCUT2D eigenvalue weighted by Crippen LogP contribution is 2.28. The average Bonchev–Trinajstić information content (AvgIpc) is 2.68. The summed E-state index contributed by atoms with van der Waals surface area (Å²) in [5.41, 5.74) is 1.80. The highest BCUT2D eigenvalue weighted by atomic mass is 32.2. The number of benzene rings is 2. The molecule has 0 aliphatic carbocycles. The van der Waals surface area contributed by atoms with Gasteiger partial charge in [0.2, 0.25) is 15.9 Å². The minimum absolute atomic E-state index is 0.0621. The Morgan fingerprint density at radius 3 is 2.34 bits per heavy atom. The first-order valence-corrected chi connectivity index (χ1v) is 10.9. The molecule has 156 valence electrons. The molecule has 1 amide bonds. The van der Waals surface area contributed by atoms with E-state index in [-0.39, 0.29) is 11.7 Å². The quantitative estimate of drug-likeness (QED) is 0.571. The lowest BCUT2D eigenvalue weighted by molar-refractivity contribution is -0.111. The summed E-state index contributed by atoms with van der Waals surface area (Å²) < 4.78 is 36.8. The van der Waals surface area contributed by atoms with Gasteiger partial charge in [0.25, 0.3) is 0 Å². The van der Waals surface area contributed by atoms with Gasteiger partial charge in [-0.1, -0.05) is 13.0 Å². The van der Waals surface area contributed by atoms with Gasteiger partial charge in [0.05, 0.1) is 19.5 Å². The normalized spacial score (nSPS) is 11.3. The van der Waals surface area contributed by atoms with Crippen molar-refractivity contribution in [2.45, 2.75) is 20.3 Å². The molecule has 2 aromatic rings. The first-order chi connectivity index (χ1) is 13.9. The monoisotopic (exact) mass is 418 g/mol. The van der Waals surface area contributed by atoms with Crippen molar-refractivity contribution in [2.75, 3.05) is 29.5 Å². The summed E-state index contributed by atoms with van der Waals surface area (Å²) in [4.78, 5) is 12.1. The van der Waals surface area contributed by atoms with Crippen LogP contribution in [0.15, 0.2) is 48.5 Å². The van der Waals surface area contributed by atoms with Gasteiger partial charge in [-0.2, -0.15) is 0 Å². The first kappa shape index (κ1) is 22.3. The molecule has 29 heavy (non-hydrogen) atoms. The topological polar surface area (TPSA) is 93.7 Å². The van der Waals surface area contributed by atoms with Crippen molar-refractivity contribution >= 4 is 33.4 Å². The van der Waals surface area contributed by atoms with Crippen molar-refractivity contribution in [1.29, 1.82) is 0 Å². The Morgan fingerprint density at radius 1 is 1.03 bits per heavy atom. The Kier molecular flexibility index (Phi) is 8.09. The minimum atomic E-state index is -3.34. The van der Waals surface area contributed by atoms with Gasteiger partial charge in [-0.15, -0.1) is 0 Å². The Morgan fingerprint density at radius 2 is 1.72 bits per heavy atom. The second kappa shape index (κ2) is 10.5. The van der Waals surface area contributed by atoms with Crippen molar-refractivity contribution < 1.29 is 22.7 Å². The molecule has 2 aromatic carbocycles. The second-order valence-corrected chi connectivity index (χ2v) is 8.01. The highest BCUT2D eigenvalue weighted by Gasteiger charge is 2.09. The van der Waals surface area contributed by atoms with E-state index in [0.717, 1.165) is 5.56 Å². The number of hydrogen-bond acceptors (Lipinski definition) is 5. The van der Waals surface area contributed by atoms with Crippen LogP contribution in [-0.4, -0.2) is 33.8 Å². The predicted molar refractivity (Wildman–Crippen MR) is 116 cm³/mol. The van der Waals surface area contributed by atoms with E-state index >= 15 is 0 Å². The van der Waals surface area contributed by atoms with Crippen LogP contribution >= 0.6 is 0 Å². The minimum Gasteiger partial charge on any atom is -0.493 e. The Bertz CT molecular complexity index is 954. The number of carbonyl (C=O) groups is 1. The van der Waals surface area contributed by atoms with Gasteiger partial charge >= 0.3 is 0 Å². The van der Waals surface area contributed by atoms with Gasteiger partial charge < -0.3 is 14.8 Å². The predicted octanol–water partition coefficient (Wildman–Crippen LogP) is 3.90. The molecule has 0 fully saturated rings. The Balaban J connectivity index is 1.98. The molecule has 0 atom stereocenters. The number of ether oxygens (including phenoxy) is 2. The lowest BCUT2D eigenvalue weighted by atomic mass is 10.2. The molecule has 2 rings (SSSR count). The molecular weight excluding hydrogens is 392 g/mol. The van der Waals surface area contributed by atoms with Crippen LogP contribution in [-0.2, 0) is 14.8 Å². The van der Waals surface area contributed by atoms with Crippen molar-refractivity contribution in [1.82, 2.24) is 0 Å². The van der Waals surface area contributed by atoms with E-state index in [4.69, 9.17) is 9.47 Å². The van der Waals surface area contributed by atoms with Gasteiger partial charge in [0.1, 0.15) is 0 Å². The summed E-state index contributed by atoms with van der Waals surface area (Å²) in [6, 6.07) is 11.9. The van der Waals surface area contributed by atoms with Crippen molar-refractivity contribution in [3.63, 3.8) is 0 Å². The molecule has 8 heteroatoms. The molecule has 2 N–H and O–H groups in total. The summed E-state index contributed by atoms with van der Waals surface area (Å²) in [7, 11) is -1.78. The van der Waals surface area contributed by atoms with Crippen LogP contribution in [0.5, 0.6) is 11.5 Å². The Hall–Kier alpha value is -3.00. The second-order valence-electron chi connectivity index (χ2n) is 6.16. The van der Waals surface area contributed by atoms with E-state index < -0.39 is 10.0 Å². The van der Waals surface area contributed by atoms with Crippen LogP contribution in [0, 0.1) is 0 Å². The van der Waals surface area contributed by atoms with E-state index in [1.54, 1.807) is 56.5 Å². The number of amides is 1. The zero-order valence-corrected chi connectivity index (χ0v) is 17.6. The van der Waals surface area contributed by atoms with Gasteiger partial charge in [-0.3, -0.25) is 9.52 Å². The van der Waals surface area contributed by atoms with Crippen LogP contribution in [0.2, 0.25) is 0 Å². The summed E-state index contributed by atoms with van der Waals surface area (Å²) in [6.07, 6.45) is 3.61. The summed E-state index contributed by atoms with van der Waals surface area (Å²) in [5.74, 6) is 0.992. The summed E-state index contributed by atoms with van der Waals surface area (Å²) in [5, 5.41) is 2.73. The molecule has 0 aromatic heterocycles. The average molecular weight is 419 g/mol. The number of hydrogen-bond donors (Lipinski definition) is 2. The molecule has 0 radical (unpaired) electrons. The molecule has 0 heterocycles. The fourth-order valence-corrected chi connectivity index (χ4v) is 3.67. The number of anilines is 2. The molecule has 0 saturated heterocycles. The van der Waals surface area contributed by atoms with Crippen molar-refractivity contribution in [3.05, 3.63) is 54.1 Å². The molecular formula is C21H26N2O5S. The van der Waals surface area contributed by atoms with E-state index in [1.807, 2.05) is 13.0 Å². The molecule has 0 saturated carbocycles. The van der Waals surface area contributed by atoms with Crippen LogP contribution in [0.4, 0.5) is 11.4 Å². The third-order valence-electron chi connectivity index (χ3n) is 3.81. The molecule has 0 spiro atoms.